The Balaban J connectivity index is 2.08. The number of carbonyl (C=O) groups excluding carboxylic acids is 1. The molecular formula is C16H11Cl2NO3. The van der Waals surface area contributed by atoms with Crippen LogP contribution in [0.15, 0.2) is 42.5 Å². The summed E-state index contributed by atoms with van der Waals surface area (Å²) in [5.74, 6) is 0.647. The first-order valence-electron chi connectivity index (χ1n) is 6.41. The first-order chi connectivity index (χ1) is 10.6. The van der Waals surface area contributed by atoms with Gasteiger partial charge < -0.3 is 14.5 Å². The summed E-state index contributed by atoms with van der Waals surface area (Å²) in [4.78, 5) is 14.6. The molecule has 2 aromatic carbocycles. The number of nitrogens with one attached hydrogen (secondary N) is 1. The van der Waals surface area contributed by atoms with E-state index in [0.29, 0.717) is 32.8 Å². The van der Waals surface area contributed by atoms with Crippen molar-refractivity contribution in [2.24, 2.45) is 0 Å². The number of H-pyrrole nitrogens is 1. The molecule has 3 aromatic rings. The molecule has 0 aliphatic heterocycles. The molecule has 0 fully saturated rings. The largest absolute Gasteiger partial charge is 0.464 e. The van der Waals surface area contributed by atoms with Crippen molar-refractivity contribution in [3.8, 4) is 11.5 Å². The van der Waals surface area contributed by atoms with Gasteiger partial charge in [-0.3, -0.25) is 0 Å². The lowest BCUT2D eigenvalue weighted by molar-refractivity contribution is 0.0595. The normalized spacial score (nSPS) is 10.7. The van der Waals surface area contributed by atoms with Crippen LogP contribution < -0.4 is 4.74 Å². The lowest BCUT2D eigenvalue weighted by atomic mass is 10.2. The average Bonchev–Trinajstić information content (AvgIpc) is 2.90. The Morgan fingerprint density at radius 3 is 2.64 bits per heavy atom. The molecule has 4 nitrogen and oxygen atoms in total. The maximum absolute atomic E-state index is 11.6. The molecule has 22 heavy (non-hydrogen) atoms. The summed E-state index contributed by atoms with van der Waals surface area (Å²) >= 11 is 12.1. The Kier molecular flexibility index (Phi) is 3.96. The summed E-state index contributed by atoms with van der Waals surface area (Å²) < 4.78 is 10.5. The van der Waals surface area contributed by atoms with Gasteiger partial charge in [0.1, 0.15) is 17.2 Å². The van der Waals surface area contributed by atoms with Crippen LogP contribution >= 0.6 is 23.2 Å². The molecule has 0 atom stereocenters. The number of fused-ring (bicyclic) bond motifs is 1. The van der Waals surface area contributed by atoms with Gasteiger partial charge in [0.05, 0.1) is 12.6 Å². The van der Waals surface area contributed by atoms with Gasteiger partial charge in [0, 0.05) is 21.5 Å². The van der Waals surface area contributed by atoms with Gasteiger partial charge in [-0.25, -0.2) is 4.79 Å². The molecule has 3 rings (SSSR count). The van der Waals surface area contributed by atoms with Gasteiger partial charge in [0.25, 0.3) is 0 Å². The van der Waals surface area contributed by atoms with E-state index in [2.05, 4.69) is 4.98 Å². The number of rotatable bonds is 3. The first kappa shape index (κ1) is 14.8. The highest BCUT2D eigenvalue weighted by molar-refractivity contribution is 6.31. The fourth-order valence-electron chi connectivity index (χ4n) is 2.13. The van der Waals surface area contributed by atoms with Crippen molar-refractivity contribution >= 4 is 40.1 Å². The molecule has 1 aromatic heterocycles. The predicted octanol–water partition coefficient (Wildman–Crippen LogP) is 5.05. The number of halogens is 2. The van der Waals surface area contributed by atoms with Gasteiger partial charge in [-0.2, -0.15) is 0 Å². The van der Waals surface area contributed by atoms with E-state index in [1.54, 1.807) is 42.5 Å². The van der Waals surface area contributed by atoms with Crippen LogP contribution in [0.25, 0.3) is 10.9 Å². The van der Waals surface area contributed by atoms with Gasteiger partial charge in [-0.1, -0.05) is 29.3 Å². The molecule has 112 valence electrons. The van der Waals surface area contributed by atoms with E-state index in [9.17, 15) is 4.79 Å². The van der Waals surface area contributed by atoms with E-state index < -0.39 is 5.97 Å². The number of methoxy groups -OCH3 is 1. The second-order valence-corrected chi connectivity index (χ2v) is 5.47. The predicted molar refractivity (Wildman–Crippen MR) is 86.2 cm³/mol. The smallest absolute Gasteiger partial charge is 0.354 e. The monoisotopic (exact) mass is 335 g/mol. The average molecular weight is 336 g/mol. The topological polar surface area (TPSA) is 51.3 Å². The summed E-state index contributed by atoms with van der Waals surface area (Å²) in [5, 5.41) is 1.78. The van der Waals surface area contributed by atoms with Crippen LogP contribution in [0.4, 0.5) is 0 Å². The zero-order valence-corrected chi connectivity index (χ0v) is 13.0. The highest BCUT2D eigenvalue weighted by atomic mass is 35.5. The fraction of sp³-hybridized carbons (Fsp3) is 0.0625. The maximum Gasteiger partial charge on any atom is 0.354 e. The Morgan fingerprint density at radius 1 is 1.09 bits per heavy atom. The number of ether oxygens (including phenoxy) is 2. The summed E-state index contributed by atoms with van der Waals surface area (Å²) in [6.07, 6.45) is 0. The number of hydrogen-bond acceptors (Lipinski definition) is 3. The molecule has 0 aliphatic carbocycles. The minimum Gasteiger partial charge on any atom is -0.464 e. The molecule has 1 heterocycles. The van der Waals surface area contributed by atoms with Gasteiger partial charge in [0.15, 0.2) is 0 Å². The van der Waals surface area contributed by atoms with Crippen molar-refractivity contribution in [2.45, 2.75) is 0 Å². The number of hydrogen-bond donors (Lipinski definition) is 1. The summed E-state index contributed by atoms with van der Waals surface area (Å²) in [7, 11) is 1.32. The van der Waals surface area contributed by atoms with Crippen LogP contribution in [-0.2, 0) is 4.74 Å². The molecule has 0 bridgehead atoms. The van der Waals surface area contributed by atoms with Crippen LogP contribution in [0.2, 0.25) is 10.0 Å². The number of benzene rings is 2. The van der Waals surface area contributed by atoms with E-state index in [1.165, 1.54) is 7.11 Å². The molecule has 0 radical (unpaired) electrons. The molecule has 0 unspecified atom stereocenters. The van der Waals surface area contributed by atoms with Crippen molar-refractivity contribution in [3.63, 3.8) is 0 Å². The van der Waals surface area contributed by atoms with Crippen molar-refractivity contribution in [2.75, 3.05) is 7.11 Å². The molecule has 6 heteroatoms. The lowest BCUT2D eigenvalue weighted by Crippen LogP contribution is -2.00. The van der Waals surface area contributed by atoms with Gasteiger partial charge in [-0.15, -0.1) is 0 Å². The van der Waals surface area contributed by atoms with E-state index in [0.717, 1.165) is 5.39 Å². The fourth-order valence-corrected chi connectivity index (χ4v) is 2.52. The maximum atomic E-state index is 11.6. The van der Waals surface area contributed by atoms with E-state index in [1.807, 2.05) is 0 Å². The summed E-state index contributed by atoms with van der Waals surface area (Å²) in [6, 6.07) is 12.1. The number of aromatic amines is 1. The quantitative estimate of drug-likeness (QED) is 0.681. The summed E-state index contributed by atoms with van der Waals surface area (Å²) in [6.45, 7) is 0. The molecule has 1 N–H and O–H groups in total. The van der Waals surface area contributed by atoms with Crippen LogP contribution in [0.3, 0.4) is 0 Å². The standard InChI is InChI=1S/C16H11Cl2NO3/c1-21-16(20)14-8-12-13(19-14)6-10(18)7-15(12)22-11-4-2-3-9(17)5-11/h2-8,19H,1H3. The Labute approximate surface area is 136 Å². The minimum absolute atomic E-state index is 0.329. The summed E-state index contributed by atoms with van der Waals surface area (Å²) in [5.41, 5.74) is 1.01. The van der Waals surface area contributed by atoms with Crippen molar-refractivity contribution in [1.29, 1.82) is 0 Å². The van der Waals surface area contributed by atoms with Crippen molar-refractivity contribution in [1.82, 2.24) is 4.98 Å². The highest BCUT2D eigenvalue weighted by Crippen LogP contribution is 2.34. The van der Waals surface area contributed by atoms with Crippen LogP contribution in [0.5, 0.6) is 11.5 Å². The lowest BCUT2D eigenvalue weighted by Gasteiger charge is -2.08. The van der Waals surface area contributed by atoms with E-state index in [-0.39, 0.29) is 0 Å². The second-order valence-electron chi connectivity index (χ2n) is 4.60. The third-order valence-electron chi connectivity index (χ3n) is 3.09. The zero-order valence-electron chi connectivity index (χ0n) is 11.5. The van der Waals surface area contributed by atoms with E-state index in [4.69, 9.17) is 32.7 Å². The van der Waals surface area contributed by atoms with Gasteiger partial charge in [-0.05, 0) is 30.3 Å². The van der Waals surface area contributed by atoms with Crippen molar-refractivity contribution < 1.29 is 14.3 Å². The first-order valence-corrected chi connectivity index (χ1v) is 7.16. The van der Waals surface area contributed by atoms with Crippen LogP contribution in [-0.4, -0.2) is 18.1 Å². The molecule has 0 spiro atoms. The van der Waals surface area contributed by atoms with E-state index >= 15 is 0 Å². The SMILES string of the molecule is COC(=O)c1cc2c(Oc3cccc(Cl)c3)cc(Cl)cc2[nH]1. The third-order valence-corrected chi connectivity index (χ3v) is 3.55. The molecule has 0 aliphatic rings. The number of esters is 1. The molecule has 0 amide bonds. The Hall–Kier alpha value is -2.17. The van der Waals surface area contributed by atoms with Crippen molar-refractivity contribution in [3.05, 3.63) is 58.2 Å². The molecule has 0 saturated carbocycles. The molecule has 0 saturated heterocycles. The highest BCUT2D eigenvalue weighted by Gasteiger charge is 2.14. The second kappa shape index (κ2) is 5.91. The van der Waals surface area contributed by atoms with Crippen LogP contribution in [0.1, 0.15) is 10.5 Å². The minimum atomic E-state index is -0.457. The number of carbonyl (C=O) groups is 1. The Morgan fingerprint density at radius 2 is 1.91 bits per heavy atom. The third kappa shape index (κ3) is 2.89. The van der Waals surface area contributed by atoms with Gasteiger partial charge >= 0.3 is 5.97 Å². The van der Waals surface area contributed by atoms with Gasteiger partial charge in [0.2, 0.25) is 0 Å². The number of aromatic nitrogens is 1. The molecular weight excluding hydrogens is 325 g/mol. The zero-order chi connectivity index (χ0) is 15.7. The Bertz CT molecular complexity index is 858. The van der Waals surface area contributed by atoms with Crippen LogP contribution in [0, 0.1) is 0 Å².